The van der Waals surface area contributed by atoms with E-state index in [9.17, 15) is 19.6 Å². The minimum atomic E-state index is -0.653. The molecule has 8 nitrogen and oxygen atoms in total. The van der Waals surface area contributed by atoms with Crippen LogP contribution in [0.1, 0.15) is 26.3 Å². The summed E-state index contributed by atoms with van der Waals surface area (Å²) in [4.78, 5) is 36.1. The van der Waals surface area contributed by atoms with Crippen LogP contribution in [0.3, 0.4) is 0 Å². The predicted molar refractivity (Wildman–Crippen MR) is 106 cm³/mol. The van der Waals surface area contributed by atoms with Gasteiger partial charge in [-0.25, -0.2) is 9.59 Å². The van der Waals surface area contributed by atoms with Crippen molar-refractivity contribution < 1.29 is 23.9 Å². The molecule has 0 aliphatic carbocycles. The first-order chi connectivity index (χ1) is 13.9. The fourth-order valence-corrected chi connectivity index (χ4v) is 2.40. The molecule has 2 aromatic carbocycles. The molecule has 2 rings (SSSR count). The number of esters is 2. The monoisotopic (exact) mass is 393 g/mol. The number of methoxy groups -OCH3 is 2. The number of nitrogens with one attached hydrogen (secondary N) is 2. The summed E-state index contributed by atoms with van der Waals surface area (Å²) in [5.74, 6) is -1.88. The molecule has 0 atom stereocenters. The lowest BCUT2D eigenvalue weighted by atomic mass is 10.1. The van der Waals surface area contributed by atoms with Gasteiger partial charge in [-0.2, -0.15) is 5.26 Å². The molecule has 0 unspecified atom stereocenters. The molecule has 0 bridgehead atoms. The molecule has 0 aromatic heterocycles. The molecule has 0 aliphatic rings. The van der Waals surface area contributed by atoms with Crippen LogP contribution in [0.4, 0.5) is 11.4 Å². The van der Waals surface area contributed by atoms with E-state index >= 15 is 0 Å². The second kappa shape index (κ2) is 9.71. The Morgan fingerprint density at radius 1 is 1.00 bits per heavy atom. The van der Waals surface area contributed by atoms with Gasteiger partial charge in [0.05, 0.1) is 31.0 Å². The maximum absolute atomic E-state index is 12.4. The number of benzene rings is 2. The molecule has 8 heteroatoms. The Labute approximate surface area is 167 Å². The van der Waals surface area contributed by atoms with Crippen LogP contribution in [-0.4, -0.2) is 32.1 Å². The molecule has 0 spiro atoms. The number of para-hydroxylation sites is 1. The number of nitrogens with zero attached hydrogens (tertiary/aromatic N) is 1. The molecule has 0 radical (unpaired) electrons. The molecule has 2 aromatic rings. The van der Waals surface area contributed by atoms with E-state index in [0.717, 1.165) is 11.8 Å². The van der Waals surface area contributed by atoms with Crippen molar-refractivity contribution >= 4 is 29.2 Å². The van der Waals surface area contributed by atoms with Gasteiger partial charge in [-0.15, -0.1) is 0 Å². The first-order valence-electron chi connectivity index (χ1n) is 8.45. The summed E-state index contributed by atoms with van der Waals surface area (Å²) in [6, 6.07) is 13.1. The third kappa shape index (κ3) is 5.20. The highest BCUT2D eigenvalue weighted by atomic mass is 16.5. The van der Waals surface area contributed by atoms with Crippen molar-refractivity contribution in [3.63, 3.8) is 0 Å². The molecular formula is C21H19N3O5. The maximum Gasteiger partial charge on any atom is 0.339 e. The minimum absolute atomic E-state index is 0.119. The predicted octanol–water partition coefficient (Wildman–Crippen LogP) is 3.03. The summed E-state index contributed by atoms with van der Waals surface area (Å²) in [5, 5.41) is 14.7. The molecule has 2 N–H and O–H groups in total. The smallest absolute Gasteiger partial charge is 0.339 e. The quantitative estimate of drug-likeness (QED) is 0.440. The standard InChI is InChI=1S/C21H19N3O5/c1-13-6-4-5-7-17(13)24-19(25)15(11-22)12-23-18-10-14(20(26)28-2)8-9-16(18)21(27)29-3/h4-10,12,23H,1-3H3,(H,24,25)/b15-12-. The molecule has 148 valence electrons. The highest BCUT2D eigenvalue weighted by molar-refractivity contribution is 6.07. The zero-order valence-electron chi connectivity index (χ0n) is 16.1. The van der Waals surface area contributed by atoms with Gasteiger partial charge < -0.3 is 20.1 Å². The Balaban J connectivity index is 2.32. The van der Waals surface area contributed by atoms with Crippen LogP contribution in [0, 0.1) is 18.3 Å². The maximum atomic E-state index is 12.4. The molecule has 0 fully saturated rings. The van der Waals surface area contributed by atoms with E-state index < -0.39 is 17.8 Å². The number of anilines is 2. The van der Waals surface area contributed by atoms with Gasteiger partial charge in [0, 0.05) is 11.9 Å². The Morgan fingerprint density at radius 2 is 1.69 bits per heavy atom. The highest BCUT2D eigenvalue weighted by Gasteiger charge is 2.16. The lowest BCUT2D eigenvalue weighted by molar-refractivity contribution is -0.112. The van der Waals surface area contributed by atoms with Crippen molar-refractivity contribution in [3.8, 4) is 6.07 Å². The van der Waals surface area contributed by atoms with Crippen molar-refractivity contribution in [1.29, 1.82) is 5.26 Å². The van der Waals surface area contributed by atoms with Crippen molar-refractivity contribution in [2.75, 3.05) is 24.9 Å². The third-order valence-corrected chi connectivity index (χ3v) is 3.98. The van der Waals surface area contributed by atoms with Crippen LogP contribution >= 0.6 is 0 Å². The van der Waals surface area contributed by atoms with Crippen LogP contribution in [0.5, 0.6) is 0 Å². The van der Waals surface area contributed by atoms with Crippen LogP contribution in [0.25, 0.3) is 0 Å². The average Bonchev–Trinajstić information content (AvgIpc) is 2.74. The van der Waals surface area contributed by atoms with Crippen LogP contribution in [0.2, 0.25) is 0 Å². The summed E-state index contributed by atoms with van der Waals surface area (Å²) in [6.07, 6.45) is 1.15. The minimum Gasteiger partial charge on any atom is -0.465 e. The number of hydrogen-bond acceptors (Lipinski definition) is 7. The van der Waals surface area contributed by atoms with Crippen LogP contribution < -0.4 is 10.6 Å². The summed E-state index contributed by atoms with van der Waals surface area (Å²) in [7, 11) is 2.44. The molecule has 29 heavy (non-hydrogen) atoms. The summed E-state index contributed by atoms with van der Waals surface area (Å²) >= 11 is 0. The molecule has 0 heterocycles. The second-order valence-corrected chi connectivity index (χ2v) is 5.83. The Hall–Kier alpha value is -4.12. The summed E-state index contributed by atoms with van der Waals surface area (Å²) in [5.41, 5.74) is 1.65. The van der Waals surface area contributed by atoms with Crippen molar-refractivity contribution in [3.05, 3.63) is 70.9 Å². The van der Waals surface area contributed by atoms with Gasteiger partial charge >= 0.3 is 11.9 Å². The second-order valence-electron chi connectivity index (χ2n) is 5.83. The average molecular weight is 393 g/mol. The van der Waals surface area contributed by atoms with Gasteiger partial charge in [-0.1, -0.05) is 18.2 Å². The lowest BCUT2D eigenvalue weighted by Gasteiger charge is -2.11. The van der Waals surface area contributed by atoms with Gasteiger partial charge in [0.25, 0.3) is 5.91 Å². The number of nitriles is 1. The summed E-state index contributed by atoms with van der Waals surface area (Å²) < 4.78 is 9.38. The number of ether oxygens (including phenoxy) is 2. The summed E-state index contributed by atoms with van der Waals surface area (Å²) in [6.45, 7) is 1.82. The fraction of sp³-hybridized carbons (Fsp3) is 0.143. The molecular weight excluding hydrogens is 374 g/mol. The van der Waals surface area contributed by atoms with Crippen molar-refractivity contribution in [2.24, 2.45) is 0 Å². The third-order valence-electron chi connectivity index (χ3n) is 3.98. The van der Waals surface area contributed by atoms with Gasteiger partial charge in [0.2, 0.25) is 0 Å². The molecule has 0 saturated heterocycles. The molecule has 0 aliphatic heterocycles. The Bertz CT molecular complexity index is 1020. The number of hydrogen-bond donors (Lipinski definition) is 2. The lowest BCUT2D eigenvalue weighted by Crippen LogP contribution is -2.15. The van der Waals surface area contributed by atoms with Gasteiger partial charge in [-0.3, -0.25) is 4.79 Å². The zero-order chi connectivity index (χ0) is 21.4. The van der Waals surface area contributed by atoms with E-state index in [0.29, 0.717) is 5.69 Å². The zero-order valence-corrected chi connectivity index (χ0v) is 16.1. The molecule has 0 saturated carbocycles. The van der Waals surface area contributed by atoms with E-state index in [1.807, 2.05) is 19.1 Å². The van der Waals surface area contributed by atoms with E-state index in [2.05, 4.69) is 15.4 Å². The van der Waals surface area contributed by atoms with E-state index in [1.165, 1.54) is 32.4 Å². The number of aryl methyl sites for hydroxylation is 1. The van der Waals surface area contributed by atoms with Crippen molar-refractivity contribution in [1.82, 2.24) is 0 Å². The number of carbonyl (C=O) groups is 3. The normalized spacial score (nSPS) is 10.5. The Kier molecular flexibility index (Phi) is 7.09. The number of amides is 1. The highest BCUT2D eigenvalue weighted by Crippen LogP contribution is 2.20. The number of carbonyl (C=O) groups excluding carboxylic acids is 3. The van der Waals surface area contributed by atoms with Gasteiger partial charge in [0.1, 0.15) is 11.6 Å². The van der Waals surface area contributed by atoms with Gasteiger partial charge in [0.15, 0.2) is 0 Å². The first-order valence-corrected chi connectivity index (χ1v) is 8.45. The fourth-order valence-electron chi connectivity index (χ4n) is 2.40. The molecule has 1 amide bonds. The van der Waals surface area contributed by atoms with Crippen LogP contribution in [-0.2, 0) is 14.3 Å². The van der Waals surface area contributed by atoms with Crippen molar-refractivity contribution in [2.45, 2.75) is 6.92 Å². The Morgan fingerprint density at radius 3 is 2.31 bits per heavy atom. The topological polar surface area (TPSA) is 118 Å². The largest absolute Gasteiger partial charge is 0.465 e. The first kappa shape index (κ1) is 21.2. The number of rotatable bonds is 6. The van der Waals surface area contributed by atoms with Crippen LogP contribution in [0.15, 0.2) is 54.2 Å². The van der Waals surface area contributed by atoms with E-state index in [-0.39, 0.29) is 22.4 Å². The van der Waals surface area contributed by atoms with E-state index in [1.54, 1.807) is 18.2 Å². The SMILES string of the molecule is COC(=O)c1ccc(C(=O)OC)c(N/C=C(/C#N)C(=O)Nc2ccccc2C)c1. The van der Waals surface area contributed by atoms with Gasteiger partial charge in [-0.05, 0) is 36.8 Å². The van der Waals surface area contributed by atoms with E-state index in [4.69, 9.17) is 4.74 Å².